The molecule has 2 aromatic heterocycles. The van der Waals surface area contributed by atoms with E-state index in [2.05, 4.69) is 33.4 Å². The van der Waals surface area contributed by atoms with Gasteiger partial charge in [-0.25, -0.2) is 4.98 Å². The van der Waals surface area contributed by atoms with Gasteiger partial charge in [-0.15, -0.1) is 0 Å². The summed E-state index contributed by atoms with van der Waals surface area (Å²) < 4.78 is 0. The molecule has 0 bridgehead atoms. The number of anilines is 4. The lowest BCUT2D eigenvalue weighted by atomic mass is 9.99. The average molecular weight is 428 g/mol. The Morgan fingerprint density at radius 1 is 1.00 bits per heavy atom. The molecule has 1 amide bonds. The Balaban J connectivity index is 1.41. The van der Waals surface area contributed by atoms with E-state index in [1.165, 1.54) is 25.7 Å². The quantitative estimate of drug-likeness (QED) is 0.617. The smallest absolute Gasteiger partial charge is 0.232 e. The van der Waals surface area contributed by atoms with Crippen molar-refractivity contribution in [3.05, 3.63) is 48.7 Å². The molecule has 6 heteroatoms. The maximum absolute atomic E-state index is 13.3. The van der Waals surface area contributed by atoms with Crippen molar-refractivity contribution >= 4 is 39.8 Å². The van der Waals surface area contributed by atoms with E-state index in [1.807, 2.05) is 42.4 Å². The molecule has 164 valence electrons. The number of pyridine rings is 2. The monoisotopic (exact) mass is 427 g/mol. The number of aromatic nitrogens is 2. The third-order valence-corrected chi connectivity index (χ3v) is 7.54. The topological polar surface area (TPSA) is 61.4 Å². The second-order valence-electron chi connectivity index (χ2n) is 9.42. The normalized spacial score (nSPS) is 23.3. The first kappa shape index (κ1) is 19.5. The number of benzene rings is 1. The predicted molar refractivity (Wildman–Crippen MR) is 129 cm³/mol. The number of amides is 1. The first-order valence-electron chi connectivity index (χ1n) is 11.9. The molecular formula is C26H29N5O. The van der Waals surface area contributed by atoms with Crippen LogP contribution in [-0.2, 0) is 4.79 Å². The van der Waals surface area contributed by atoms with Crippen LogP contribution in [0.1, 0.15) is 44.9 Å². The third-order valence-electron chi connectivity index (χ3n) is 7.54. The van der Waals surface area contributed by atoms with Gasteiger partial charge in [0.25, 0.3) is 0 Å². The number of fused-ring (bicyclic) bond motifs is 3. The summed E-state index contributed by atoms with van der Waals surface area (Å²) in [5.74, 6) is 2.11. The Bertz CT molecular complexity index is 1170. The second-order valence-corrected chi connectivity index (χ2v) is 9.42. The minimum Gasteiger partial charge on any atom is -0.348 e. The van der Waals surface area contributed by atoms with Crippen molar-refractivity contribution in [1.82, 2.24) is 9.97 Å². The summed E-state index contributed by atoms with van der Waals surface area (Å²) in [6, 6.07) is 15.0. The van der Waals surface area contributed by atoms with Crippen molar-refractivity contribution in [2.45, 2.75) is 57.0 Å². The van der Waals surface area contributed by atoms with Crippen molar-refractivity contribution in [2.24, 2.45) is 5.92 Å². The summed E-state index contributed by atoms with van der Waals surface area (Å²) in [4.78, 5) is 27.2. The third kappa shape index (κ3) is 3.20. The van der Waals surface area contributed by atoms with Gasteiger partial charge in [0, 0.05) is 36.4 Å². The molecular weight excluding hydrogens is 398 g/mol. The van der Waals surface area contributed by atoms with Crippen molar-refractivity contribution in [3.8, 4) is 0 Å². The van der Waals surface area contributed by atoms with Crippen molar-refractivity contribution in [2.75, 3.05) is 22.2 Å². The summed E-state index contributed by atoms with van der Waals surface area (Å²) in [6.45, 7) is 0. The Morgan fingerprint density at radius 3 is 2.75 bits per heavy atom. The molecule has 3 heterocycles. The lowest BCUT2D eigenvalue weighted by Crippen LogP contribution is -2.46. The zero-order valence-corrected chi connectivity index (χ0v) is 18.5. The van der Waals surface area contributed by atoms with E-state index in [1.54, 1.807) is 0 Å². The standard InChI is InChI=1S/C26H29N5O/c1-30-23-13-14-24(28-18-11-12-21-17(16-18)6-5-15-27-21)29-25(23)31(19-7-2-3-8-19)22-10-4-9-20(22)26(30)32/h5-6,11-16,19-20,22H,2-4,7-10H2,1H3,(H,28,29)/t20-,22+/m0/s1. The Hall–Kier alpha value is -3.15. The van der Waals surface area contributed by atoms with Gasteiger partial charge in [-0.3, -0.25) is 9.78 Å². The molecule has 0 spiro atoms. The van der Waals surface area contributed by atoms with Crippen LogP contribution in [0, 0.1) is 5.92 Å². The van der Waals surface area contributed by atoms with Crippen LogP contribution in [-0.4, -0.2) is 35.0 Å². The molecule has 2 fully saturated rings. The number of rotatable bonds is 3. The fourth-order valence-corrected chi connectivity index (χ4v) is 5.98. The van der Waals surface area contributed by atoms with Gasteiger partial charge < -0.3 is 15.1 Å². The number of carbonyl (C=O) groups is 1. The lowest BCUT2D eigenvalue weighted by molar-refractivity contribution is -0.122. The molecule has 0 saturated heterocycles. The van der Waals surface area contributed by atoms with Gasteiger partial charge in [0.15, 0.2) is 5.82 Å². The maximum atomic E-state index is 13.3. The Morgan fingerprint density at radius 2 is 1.88 bits per heavy atom. The highest BCUT2D eigenvalue weighted by molar-refractivity contribution is 6.00. The number of hydrogen-bond acceptors (Lipinski definition) is 5. The molecule has 0 radical (unpaired) electrons. The average Bonchev–Trinajstić information content (AvgIpc) is 3.50. The fraction of sp³-hybridized carbons (Fsp3) is 0.423. The van der Waals surface area contributed by atoms with Crippen LogP contribution in [0.4, 0.5) is 23.0 Å². The number of nitrogens with zero attached hydrogens (tertiary/aromatic N) is 4. The summed E-state index contributed by atoms with van der Waals surface area (Å²) in [5, 5.41) is 4.59. The van der Waals surface area contributed by atoms with E-state index in [-0.39, 0.29) is 17.9 Å². The van der Waals surface area contributed by atoms with Crippen LogP contribution in [0.3, 0.4) is 0 Å². The highest BCUT2D eigenvalue weighted by Crippen LogP contribution is 2.45. The van der Waals surface area contributed by atoms with Gasteiger partial charge in [-0.05, 0) is 62.1 Å². The summed E-state index contributed by atoms with van der Waals surface area (Å²) in [6.07, 6.45) is 9.92. The predicted octanol–water partition coefficient (Wildman–Crippen LogP) is 5.27. The summed E-state index contributed by atoms with van der Waals surface area (Å²) >= 11 is 0. The van der Waals surface area contributed by atoms with Crippen molar-refractivity contribution in [1.29, 1.82) is 0 Å². The molecule has 2 atom stereocenters. The minimum absolute atomic E-state index is 0.0826. The molecule has 2 aliphatic carbocycles. The SMILES string of the molecule is CN1C(=O)[C@H]2CCC[C@H]2N(C2CCCC2)c2nc(Nc3ccc4ncccc4c3)ccc21. The molecule has 6 nitrogen and oxygen atoms in total. The largest absolute Gasteiger partial charge is 0.348 e. The van der Waals surface area contributed by atoms with E-state index in [9.17, 15) is 4.79 Å². The van der Waals surface area contributed by atoms with E-state index < -0.39 is 0 Å². The highest BCUT2D eigenvalue weighted by atomic mass is 16.2. The van der Waals surface area contributed by atoms with Crippen LogP contribution in [0.15, 0.2) is 48.7 Å². The maximum Gasteiger partial charge on any atom is 0.232 e. The zero-order valence-electron chi connectivity index (χ0n) is 18.5. The second kappa shape index (κ2) is 7.76. The van der Waals surface area contributed by atoms with Gasteiger partial charge in [0.1, 0.15) is 5.82 Å². The van der Waals surface area contributed by atoms with Crippen LogP contribution in [0.25, 0.3) is 10.9 Å². The molecule has 1 N–H and O–H groups in total. The fourth-order valence-electron chi connectivity index (χ4n) is 5.98. The Kier molecular flexibility index (Phi) is 4.74. The molecule has 1 aromatic carbocycles. The lowest BCUT2D eigenvalue weighted by Gasteiger charge is -2.37. The summed E-state index contributed by atoms with van der Waals surface area (Å²) in [5.41, 5.74) is 2.90. The number of hydrogen-bond donors (Lipinski definition) is 1. The summed E-state index contributed by atoms with van der Waals surface area (Å²) in [7, 11) is 1.92. The highest BCUT2D eigenvalue weighted by Gasteiger charge is 2.45. The van der Waals surface area contributed by atoms with Crippen LogP contribution < -0.4 is 15.1 Å². The number of nitrogens with one attached hydrogen (secondary N) is 1. The van der Waals surface area contributed by atoms with E-state index in [0.717, 1.165) is 53.2 Å². The number of carbonyl (C=O) groups excluding carboxylic acids is 1. The van der Waals surface area contributed by atoms with E-state index in [0.29, 0.717) is 6.04 Å². The molecule has 32 heavy (non-hydrogen) atoms. The molecule has 1 aliphatic heterocycles. The first-order chi connectivity index (χ1) is 15.7. The van der Waals surface area contributed by atoms with Gasteiger partial charge in [0.2, 0.25) is 5.91 Å². The van der Waals surface area contributed by atoms with E-state index >= 15 is 0 Å². The molecule has 2 saturated carbocycles. The zero-order chi connectivity index (χ0) is 21.7. The van der Waals surface area contributed by atoms with Gasteiger partial charge in [-0.2, -0.15) is 0 Å². The Labute approximate surface area is 188 Å². The molecule has 0 unspecified atom stereocenters. The van der Waals surface area contributed by atoms with Crippen LogP contribution in [0.5, 0.6) is 0 Å². The minimum atomic E-state index is 0.0826. The van der Waals surface area contributed by atoms with Gasteiger partial charge in [-0.1, -0.05) is 25.3 Å². The van der Waals surface area contributed by atoms with Crippen molar-refractivity contribution < 1.29 is 4.79 Å². The van der Waals surface area contributed by atoms with Gasteiger partial charge >= 0.3 is 0 Å². The van der Waals surface area contributed by atoms with E-state index in [4.69, 9.17) is 4.98 Å². The van der Waals surface area contributed by atoms with Crippen molar-refractivity contribution in [3.63, 3.8) is 0 Å². The molecule has 3 aromatic rings. The van der Waals surface area contributed by atoms with Gasteiger partial charge in [0.05, 0.1) is 17.1 Å². The van der Waals surface area contributed by atoms with Crippen LogP contribution >= 0.6 is 0 Å². The van der Waals surface area contributed by atoms with Crippen LogP contribution in [0.2, 0.25) is 0 Å². The molecule has 3 aliphatic rings. The molecule has 6 rings (SSSR count). The first-order valence-corrected chi connectivity index (χ1v) is 11.9.